The van der Waals surface area contributed by atoms with Crippen molar-refractivity contribution in [2.75, 3.05) is 20.5 Å². The molecule has 0 bridgehead atoms. The summed E-state index contributed by atoms with van der Waals surface area (Å²) in [7, 11) is -2.53. The van der Waals surface area contributed by atoms with E-state index in [-0.39, 0.29) is 29.6 Å². The zero-order chi connectivity index (χ0) is 21.3. The third kappa shape index (κ3) is 3.85. The van der Waals surface area contributed by atoms with Gasteiger partial charge in [-0.3, -0.25) is 4.79 Å². The van der Waals surface area contributed by atoms with Crippen LogP contribution in [0.4, 0.5) is 0 Å². The molecule has 0 aliphatic carbocycles. The highest BCUT2D eigenvalue weighted by atomic mass is 32.2. The van der Waals surface area contributed by atoms with Gasteiger partial charge in [-0.25, -0.2) is 0 Å². The van der Waals surface area contributed by atoms with Crippen molar-refractivity contribution in [3.63, 3.8) is 0 Å². The number of hydrogen-bond donors (Lipinski definition) is 0. The second-order valence-corrected chi connectivity index (χ2v) is 8.80. The average molecular weight is 450 g/mol. The maximum absolute atomic E-state index is 12.9. The fourth-order valence-corrected chi connectivity index (χ4v) is 5.16. The van der Waals surface area contributed by atoms with E-state index in [2.05, 4.69) is 4.40 Å². The summed E-state index contributed by atoms with van der Waals surface area (Å²) in [4.78, 5) is 12.3. The predicted molar refractivity (Wildman–Crippen MR) is 108 cm³/mol. The Morgan fingerprint density at radius 1 is 1.20 bits per heavy atom. The summed E-state index contributed by atoms with van der Waals surface area (Å²) in [5.74, 6) is 1.10. The molecule has 30 heavy (non-hydrogen) atoms. The normalized spacial score (nSPS) is 13.6. The summed E-state index contributed by atoms with van der Waals surface area (Å²) in [6.45, 7) is 1.83. The van der Waals surface area contributed by atoms with Crippen molar-refractivity contribution < 1.29 is 32.2 Å². The minimum absolute atomic E-state index is 0.0117. The highest BCUT2D eigenvalue weighted by Gasteiger charge is 2.21. The van der Waals surface area contributed by atoms with E-state index in [1.54, 1.807) is 31.2 Å². The lowest BCUT2D eigenvalue weighted by atomic mass is 10.3. The molecule has 0 N–H and O–H groups in total. The van der Waals surface area contributed by atoms with Crippen LogP contribution < -0.4 is 19.0 Å². The van der Waals surface area contributed by atoms with Gasteiger partial charge >= 0.3 is 5.97 Å². The van der Waals surface area contributed by atoms with Gasteiger partial charge in [0, 0.05) is 12.1 Å². The van der Waals surface area contributed by atoms with Crippen LogP contribution in [-0.2, 0) is 26.1 Å². The number of ether oxygens (including phenoxy) is 4. The van der Waals surface area contributed by atoms with Crippen molar-refractivity contribution in [3.8, 4) is 17.2 Å². The second kappa shape index (κ2) is 8.00. The maximum Gasteiger partial charge on any atom is 0.326 e. The molecule has 0 radical (unpaired) electrons. The Bertz CT molecular complexity index is 1270. The van der Waals surface area contributed by atoms with Crippen molar-refractivity contribution in [2.45, 2.75) is 18.4 Å². The number of aromatic nitrogens is 1. The summed E-state index contributed by atoms with van der Waals surface area (Å²) in [5.41, 5.74) is 0.598. The van der Waals surface area contributed by atoms with Crippen molar-refractivity contribution in [1.29, 1.82) is 0 Å². The van der Waals surface area contributed by atoms with Crippen LogP contribution in [0.5, 0.6) is 17.2 Å². The van der Waals surface area contributed by atoms with Crippen molar-refractivity contribution in [2.24, 2.45) is 4.40 Å². The number of hydrogen-bond acceptors (Lipinski definition) is 8. The van der Waals surface area contributed by atoms with Gasteiger partial charge in [-0.05, 0) is 31.2 Å². The van der Waals surface area contributed by atoms with Crippen molar-refractivity contribution in [1.82, 2.24) is 4.57 Å². The molecule has 0 fully saturated rings. The standard InChI is InChI=1S/C19H18N2O7S2/c1-3-26-18(22)10-21-14-8-15-16(28-11-27-15)9-17(14)29-19(21)20-30(23,24)13-6-4-12(25-2)5-7-13/h4-9H,3,10-11H2,1-2H3/b20-19-. The molecule has 0 saturated carbocycles. The first kappa shape index (κ1) is 20.2. The van der Waals surface area contributed by atoms with Gasteiger partial charge < -0.3 is 23.5 Å². The first-order valence-corrected chi connectivity index (χ1v) is 11.2. The number of rotatable bonds is 6. The summed E-state index contributed by atoms with van der Waals surface area (Å²) < 4.78 is 52.8. The van der Waals surface area contributed by atoms with Crippen LogP contribution in [0.25, 0.3) is 10.2 Å². The Hall–Kier alpha value is -3.05. The molecule has 1 aliphatic rings. The Morgan fingerprint density at radius 2 is 1.90 bits per heavy atom. The van der Waals surface area contributed by atoms with Gasteiger partial charge in [0.1, 0.15) is 12.3 Å². The molecule has 0 atom stereocenters. The van der Waals surface area contributed by atoms with E-state index in [9.17, 15) is 13.2 Å². The van der Waals surface area contributed by atoms with E-state index in [1.165, 1.54) is 23.8 Å². The molecule has 2 aromatic carbocycles. The molecule has 1 aromatic heterocycles. The van der Waals surface area contributed by atoms with Gasteiger partial charge in [0.2, 0.25) is 11.6 Å². The molecule has 4 rings (SSSR count). The quantitative estimate of drug-likeness (QED) is 0.531. The van der Waals surface area contributed by atoms with E-state index in [4.69, 9.17) is 18.9 Å². The lowest BCUT2D eigenvalue weighted by Gasteiger charge is -2.06. The number of carbonyl (C=O) groups excluding carboxylic acids is 1. The van der Waals surface area contributed by atoms with E-state index in [0.717, 1.165) is 11.3 Å². The van der Waals surface area contributed by atoms with Gasteiger partial charge in [-0.15, -0.1) is 4.40 Å². The molecule has 0 amide bonds. The lowest BCUT2D eigenvalue weighted by Crippen LogP contribution is -2.23. The summed E-state index contributed by atoms with van der Waals surface area (Å²) in [6.07, 6.45) is 0. The lowest BCUT2D eigenvalue weighted by molar-refractivity contribution is -0.143. The van der Waals surface area contributed by atoms with Gasteiger partial charge in [0.25, 0.3) is 10.0 Å². The van der Waals surface area contributed by atoms with Crippen LogP contribution in [0.1, 0.15) is 6.92 Å². The average Bonchev–Trinajstić information content (AvgIpc) is 3.30. The zero-order valence-electron chi connectivity index (χ0n) is 16.2. The largest absolute Gasteiger partial charge is 0.497 e. The number of nitrogens with zero attached hydrogens (tertiary/aromatic N) is 2. The summed E-state index contributed by atoms with van der Waals surface area (Å²) in [6, 6.07) is 9.35. The Balaban J connectivity index is 1.86. The van der Waals surface area contributed by atoms with Crippen molar-refractivity contribution >= 4 is 37.5 Å². The SMILES string of the molecule is CCOC(=O)Cn1/c(=N/S(=O)(=O)c2ccc(OC)cc2)sc2cc3c(cc21)OCO3. The molecule has 0 spiro atoms. The molecule has 0 unspecified atom stereocenters. The fraction of sp³-hybridized carbons (Fsp3) is 0.263. The van der Waals surface area contributed by atoms with E-state index in [0.29, 0.717) is 27.5 Å². The van der Waals surface area contributed by atoms with E-state index < -0.39 is 16.0 Å². The van der Waals surface area contributed by atoms with Gasteiger partial charge in [-0.1, -0.05) is 11.3 Å². The number of sulfonamides is 1. The monoisotopic (exact) mass is 450 g/mol. The Labute approximate surface area is 176 Å². The van der Waals surface area contributed by atoms with Crippen LogP contribution in [0.15, 0.2) is 45.7 Å². The third-order valence-electron chi connectivity index (χ3n) is 4.33. The topological polar surface area (TPSA) is 105 Å². The third-order valence-corrected chi connectivity index (χ3v) is 6.76. The number of esters is 1. The highest BCUT2D eigenvalue weighted by Crippen LogP contribution is 2.37. The number of benzene rings is 2. The number of fused-ring (bicyclic) bond motifs is 2. The summed E-state index contributed by atoms with van der Waals surface area (Å²) >= 11 is 1.13. The molecular formula is C19H18N2O7S2. The first-order valence-electron chi connectivity index (χ1n) is 8.95. The Kier molecular flexibility index (Phi) is 5.39. The van der Waals surface area contributed by atoms with Crippen LogP contribution in [0.2, 0.25) is 0 Å². The molecular weight excluding hydrogens is 432 g/mol. The molecule has 9 nitrogen and oxygen atoms in total. The van der Waals surface area contributed by atoms with Gasteiger partial charge in [0.05, 0.1) is 28.8 Å². The smallest absolute Gasteiger partial charge is 0.326 e. The number of thiazole rings is 1. The van der Waals surface area contributed by atoms with Crippen LogP contribution >= 0.6 is 11.3 Å². The number of methoxy groups -OCH3 is 1. The summed E-state index contributed by atoms with van der Waals surface area (Å²) in [5, 5.41) is 0. The number of carbonyl (C=O) groups is 1. The minimum Gasteiger partial charge on any atom is -0.497 e. The molecule has 158 valence electrons. The second-order valence-electron chi connectivity index (χ2n) is 6.19. The highest BCUT2D eigenvalue weighted by molar-refractivity contribution is 7.90. The molecule has 0 saturated heterocycles. The first-order chi connectivity index (χ1) is 14.4. The predicted octanol–water partition coefficient (Wildman–Crippen LogP) is 2.29. The van der Waals surface area contributed by atoms with E-state index >= 15 is 0 Å². The molecule has 3 aromatic rings. The zero-order valence-corrected chi connectivity index (χ0v) is 17.8. The fourth-order valence-electron chi connectivity index (χ4n) is 2.92. The van der Waals surface area contributed by atoms with Crippen LogP contribution in [-0.4, -0.2) is 39.5 Å². The van der Waals surface area contributed by atoms with Gasteiger partial charge in [0.15, 0.2) is 11.5 Å². The van der Waals surface area contributed by atoms with Gasteiger partial charge in [-0.2, -0.15) is 8.42 Å². The minimum atomic E-state index is -4.02. The van der Waals surface area contributed by atoms with Crippen molar-refractivity contribution in [3.05, 3.63) is 41.2 Å². The van der Waals surface area contributed by atoms with Crippen LogP contribution in [0, 0.1) is 0 Å². The Morgan fingerprint density at radius 3 is 2.57 bits per heavy atom. The maximum atomic E-state index is 12.9. The molecule has 1 aliphatic heterocycles. The van der Waals surface area contributed by atoms with E-state index in [1.807, 2.05) is 0 Å². The van der Waals surface area contributed by atoms with Crippen LogP contribution in [0.3, 0.4) is 0 Å². The molecule has 2 heterocycles. The molecule has 11 heteroatoms.